The summed E-state index contributed by atoms with van der Waals surface area (Å²) in [5, 5.41) is 22.3. The van der Waals surface area contributed by atoms with Crippen LogP contribution in [0.5, 0.6) is 0 Å². The lowest BCUT2D eigenvalue weighted by atomic mass is 9.43. The van der Waals surface area contributed by atoms with Gasteiger partial charge >= 0.3 is 5.97 Å². The molecule has 5 aliphatic rings. The lowest BCUT2D eigenvalue weighted by molar-refractivity contribution is -0.190. The first-order valence-corrected chi connectivity index (χ1v) is 12.5. The van der Waals surface area contributed by atoms with Gasteiger partial charge in [-0.05, 0) is 92.8 Å². The number of carbonyl (C=O) groups excluding carboxylic acids is 2. The van der Waals surface area contributed by atoms with Crippen molar-refractivity contribution in [3.8, 4) is 0 Å². The SMILES string of the molecule is COC(=O)CCC(C)C12CCC3C4C(=O)CC5CC(O)CCC5(C)C4CC(C)(O)C31C2. The minimum atomic E-state index is -0.782. The molecule has 0 aliphatic heterocycles. The largest absolute Gasteiger partial charge is 0.469 e. The Bertz CT molecular complexity index is 791. The molecule has 0 aromatic heterocycles. The number of methoxy groups -OCH3 is 1. The van der Waals surface area contributed by atoms with Gasteiger partial charge in [0.05, 0.1) is 18.8 Å². The first kappa shape index (κ1) is 21.9. The van der Waals surface area contributed by atoms with Crippen LogP contribution in [0.25, 0.3) is 0 Å². The van der Waals surface area contributed by atoms with Gasteiger partial charge in [0, 0.05) is 24.2 Å². The molecule has 5 fully saturated rings. The second-order valence-corrected chi connectivity index (χ2v) is 12.4. The average Bonchev–Trinajstić information content (AvgIpc) is 3.30. The molecule has 1 spiro atoms. The van der Waals surface area contributed by atoms with E-state index in [1.807, 2.05) is 6.92 Å². The third-order valence-electron chi connectivity index (χ3n) is 11.5. The summed E-state index contributed by atoms with van der Waals surface area (Å²) in [4.78, 5) is 25.3. The number of rotatable bonds is 4. The van der Waals surface area contributed by atoms with Crippen LogP contribution >= 0.6 is 0 Å². The number of ketones is 1. The van der Waals surface area contributed by atoms with Crippen molar-refractivity contribution in [3.63, 3.8) is 0 Å². The summed E-state index contributed by atoms with van der Waals surface area (Å²) in [6, 6.07) is 0. The van der Waals surface area contributed by atoms with Crippen molar-refractivity contribution in [2.45, 2.75) is 96.7 Å². The van der Waals surface area contributed by atoms with Crippen LogP contribution in [0, 0.1) is 45.8 Å². The summed E-state index contributed by atoms with van der Waals surface area (Å²) in [6.45, 7) is 6.63. The number of fused-ring (bicyclic) bond motifs is 4. The zero-order valence-corrected chi connectivity index (χ0v) is 19.7. The van der Waals surface area contributed by atoms with Crippen LogP contribution in [0.1, 0.15) is 85.0 Å². The van der Waals surface area contributed by atoms with Gasteiger partial charge in [-0.3, -0.25) is 9.59 Å². The summed E-state index contributed by atoms with van der Waals surface area (Å²) in [6.07, 6.45) is 7.83. The average molecular weight is 433 g/mol. The second-order valence-electron chi connectivity index (χ2n) is 12.4. The van der Waals surface area contributed by atoms with Gasteiger partial charge in [0.1, 0.15) is 5.78 Å². The Balaban J connectivity index is 1.46. The molecule has 0 radical (unpaired) electrons. The third kappa shape index (κ3) is 2.68. The normalized spacial score (nSPS) is 53.6. The molecule has 0 heterocycles. The standard InChI is InChI=1S/C26H40O5/c1-15(5-6-21(29)31-4)25-10-8-18-22-19(13-24(3,30)26(18,25)14-25)23(2)9-7-17(27)11-16(23)12-20(22)28/h15-19,22,27,30H,5-14H2,1-4H3. The van der Waals surface area contributed by atoms with E-state index < -0.39 is 5.60 Å². The van der Waals surface area contributed by atoms with Gasteiger partial charge in [-0.2, -0.15) is 0 Å². The highest BCUT2D eigenvalue weighted by Crippen LogP contribution is 2.87. The number of hydrogen-bond donors (Lipinski definition) is 2. The van der Waals surface area contributed by atoms with E-state index in [4.69, 9.17) is 4.74 Å². The lowest BCUT2D eigenvalue weighted by Gasteiger charge is -2.61. The minimum absolute atomic E-state index is 0.0417. The van der Waals surface area contributed by atoms with Crippen molar-refractivity contribution in [1.29, 1.82) is 0 Å². The van der Waals surface area contributed by atoms with Gasteiger partial charge in [-0.25, -0.2) is 0 Å². The molecule has 10 atom stereocenters. The highest BCUT2D eigenvalue weighted by molar-refractivity contribution is 5.84. The topological polar surface area (TPSA) is 83.8 Å². The van der Waals surface area contributed by atoms with E-state index in [0.717, 1.165) is 44.9 Å². The Morgan fingerprint density at radius 2 is 1.97 bits per heavy atom. The number of carbonyl (C=O) groups is 2. The Labute approximate surface area is 186 Å². The first-order chi connectivity index (χ1) is 14.5. The fourth-order valence-electron chi connectivity index (χ4n) is 9.80. The van der Waals surface area contributed by atoms with Crippen LogP contribution in [0.15, 0.2) is 0 Å². The Kier molecular flexibility index (Phi) is 4.79. The molecule has 0 saturated heterocycles. The van der Waals surface area contributed by atoms with Crippen molar-refractivity contribution in [3.05, 3.63) is 0 Å². The molecule has 10 unspecified atom stereocenters. The van der Waals surface area contributed by atoms with Crippen molar-refractivity contribution >= 4 is 11.8 Å². The predicted octanol–water partition coefficient (Wildman–Crippen LogP) is 3.89. The molecular weight excluding hydrogens is 392 g/mol. The molecule has 2 N–H and O–H groups in total. The molecule has 0 aromatic carbocycles. The number of esters is 1. The number of Topliss-reactive ketones (excluding diaryl/α,β-unsaturated/α-hetero) is 1. The maximum atomic E-state index is 13.6. The molecule has 5 nitrogen and oxygen atoms in total. The highest BCUT2D eigenvalue weighted by atomic mass is 16.5. The Morgan fingerprint density at radius 3 is 2.68 bits per heavy atom. The maximum absolute atomic E-state index is 13.6. The zero-order chi connectivity index (χ0) is 22.4. The molecule has 31 heavy (non-hydrogen) atoms. The molecular formula is C26H40O5. The van der Waals surface area contributed by atoms with E-state index in [2.05, 4.69) is 13.8 Å². The van der Waals surface area contributed by atoms with Crippen molar-refractivity contribution < 1.29 is 24.5 Å². The first-order valence-electron chi connectivity index (χ1n) is 12.5. The van der Waals surface area contributed by atoms with Crippen molar-refractivity contribution in [2.24, 2.45) is 45.8 Å². The molecule has 174 valence electrons. The van der Waals surface area contributed by atoms with Crippen LogP contribution in [0.4, 0.5) is 0 Å². The smallest absolute Gasteiger partial charge is 0.305 e. The van der Waals surface area contributed by atoms with Crippen molar-refractivity contribution in [1.82, 2.24) is 0 Å². The van der Waals surface area contributed by atoms with Crippen LogP contribution in [-0.2, 0) is 14.3 Å². The summed E-state index contributed by atoms with van der Waals surface area (Å²) >= 11 is 0. The monoisotopic (exact) mass is 432 g/mol. The van der Waals surface area contributed by atoms with Gasteiger partial charge < -0.3 is 14.9 Å². The minimum Gasteiger partial charge on any atom is -0.469 e. The Morgan fingerprint density at radius 1 is 1.23 bits per heavy atom. The molecule has 0 amide bonds. The van der Waals surface area contributed by atoms with E-state index >= 15 is 0 Å². The van der Waals surface area contributed by atoms with E-state index in [-0.39, 0.29) is 52.0 Å². The second kappa shape index (κ2) is 6.79. The molecule has 0 bridgehead atoms. The lowest BCUT2D eigenvalue weighted by Crippen LogP contribution is -2.62. The van der Waals surface area contributed by atoms with Crippen LogP contribution in [-0.4, -0.2) is 40.8 Å². The third-order valence-corrected chi connectivity index (χ3v) is 11.5. The highest BCUT2D eigenvalue weighted by Gasteiger charge is 2.84. The van der Waals surface area contributed by atoms with E-state index in [1.165, 1.54) is 7.11 Å². The number of ether oxygens (including phenoxy) is 1. The quantitative estimate of drug-likeness (QED) is 0.659. The number of aliphatic hydroxyl groups excluding tert-OH is 1. The van der Waals surface area contributed by atoms with E-state index in [1.54, 1.807) is 0 Å². The summed E-state index contributed by atoms with van der Waals surface area (Å²) < 4.78 is 4.86. The van der Waals surface area contributed by atoms with Gasteiger partial charge in [0.2, 0.25) is 0 Å². The van der Waals surface area contributed by atoms with Gasteiger partial charge in [-0.15, -0.1) is 0 Å². The van der Waals surface area contributed by atoms with Gasteiger partial charge in [0.25, 0.3) is 0 Å². The molecule has 5 aliphatic carbocycles. The summed E-state index contributed by atoms with van der Waals surface area (Å²) in [7, 11) is 1.44. The van der Waals surface area contributed by atoms with Crippen LogP contribution < -0.4 is 0 Å². The summed E-state index contributed by atoms with van der Waals surface area (Å²) in [5.74, 6) is 1.37. The molecule has 5 rings (SSSR count). The van der Waals surface area contributed by atoms with E-state index in [0.29, 0.717) is 31.0 Å². The molecule has 5 heteroatoms. The fourth-order valence-corrected chi connectivity index (χ4v) is 9.80. The van der Waals surface area contributed by atoms with Gasteiger partial charge in [-0.1, -0.05) is 13.8 Å². The fraction of sp³-hybridized carbons (Fsp3) is 0.923. The Hall–Kier alpha value is -0.940. The zero-order valence-electron chi connectivity index (χ0n) is 19.7. The molecule has 5 saturated carbocycles. The number of hydrogen-bond acceptors (Lipinski definition) is 5. The van der Waals surface area contributed by atoms with Crippen LogP contribution in [0.3, 0.4) is 0 Å². The van der Waals surface area contributed by atoms with E-state index in [9.17, 15) is 19.8 Å². The van der Waals surface area contributed by atoms with Crippen molar-refractivity contribution in [2.75, 3.05) is 7.11 Å². The maximum Gasteiger partial charge on any atom is 0.305 e. The molecule has 0 aromatic rings. The van der Waals surface area contributed by atoms with Crippen LogP contribution in [0.2, 0.25) is 0 Å². The summed E-state index contributed by atoms with van der Waals surface area (Å²) in [5.41, 5.74) is -0.860. The predicted molar refractivity (Wildman–Crippen MR) is 116 cm³/mol. The van der Waals surface area contributed by atoms with Gasteiger partial charge in [0.15, 0.2) is 0 Å². The number of aliphatic hydroxyl groups is 2.